The number of fused-ring (bicyclic) bond motifs is 1. The average Bonchev–Trinajstić information content (AvgIpc) is 2.77. The van der Waals surface area contributed by atoms with Crippen molar-refractivity contribution in [2.45, 2.75) is 31.8 Å². The first-order valence-electron chi connectivity index (χ1n) is 6.24. The molecule has 5 nitrogen and oxygen atoms in total. The SMILES string of the molecule is NCc1cccc(C2CCn3nc(N)nc3C2)c1. The lowest BCUT2D eigenvalue weighted by molar-refractivity contribution is 0.434. The molecule has 94 valence electrons. The van der Waals surface area contributed by atoms with Crippen LogP contribution in [0.5, 0.6) is 0 Å². The van der Waals surface area contributed by atoms with Crippen molar-refractivity contribution in [3.63, 3.8) is 0 Å². The van der Waals surface area contributed by atoms with E-state index in [1.807, 2.05) is 4.68 Å². The highest BCUT2D eigenvalue weighted by Gasteiger charge is 2.22. The zero-order chi connectivity index (χ0) is 12.5. The second kappa shape index (κ2) is 4.42. The summed E-state index contributed by atoms with van der Waals surface area (Å²) in [6.45, 7) is 1.47. The zero-order valence-corrected chi connectivity index (χ0v) is 10.2. The third-order valence-corrected chi connectivity index (χ3v) is 3.54. The molecule has 1 aromatic carbocycles. The Balaban J connectivity index is 1.86. The number of nitrogen functional groups attached to an aromatic ring is 1. The summed E-state index contributed by atoms with van der Waals surface area (Å²) in [5.74, 6) is 1.86. The Labute approximate surface area is 106 Å². The Morgan fingerprint density at radius 1 is 1.39 bits per heavy atom. The maximum absolute atomic E-state index is 5.69. The number of hydrogen-bond acceptors (Lipinski definition) is 4. The van der Waals surface area contributed by atoms with E-state index in [2.05, 4.69) is 34.3 Å². The van der Waals surface area contributed by atoms with Crippen molar-refractivity contribution in [1.82, 2.24) is 14.8 Å². The normalized spacial score (nSPS) is 18.6. The molecule has 1 atom stereocenters. The first kappa shape index (κ1) is 11.2. The Bertz CT molecular complexity index is 560. The fourth-order valence-corrected chi connectivity index (χ4v) is 2.58. The van der Waals surface area contributed by atoms with Crippen LogP contribution in [0.2, 0.25) is 0 Å². The Morgan fingerprint density at radius 2 is 2.28 bits per heavy atom. The molecule has 1 aromatic heterocycles. The monoisotopic (exact) mass is 243 g/mol. The van der Waals surface area contributed by atoms with E-state index in [4.69, 9.17) is 11.5 Å². The molecule has 1 aliphatic heterocycles. The molecule has 0 saturated heterocycles. The predicted octanol–water partition coefficient (Wildman–Crippen LogP) is 1.05. The summed E-state index contributed by atoms with van der Waals surface area (Å²) >= 11 is 0. The molecule has 0 spiro atoms. The number of anilines is 1. The molecule has 0 saturated carbocycles. The summed E-state index contributed by atoms with van der Waals surface area (Å²) in [5, 5.41) is 4.18. The van der Waals surface area contributed by atoms with Crippen molar-refractivity contribution in [3.8, 4) is 0 Å². The third-order valence-electron chi connectivity index (χ3n) is 3.54. The molecule has 18 heavy (non-hydrogen) atoms. The smallest absolute Gasteiger partial charge is 0.239 e. The maximum Gasteiger partial charge on any atom is 0.239 e. The fourth-order valence-electron chi connectivity index (χ4n) is 2.58. The van der Waals surface area contributed by atoms with E-state index in [-0.39, 0.29) is 0 Å². The van der Waals surface area contributed by atoms with Gasteiger partial charge in [-0.05, 0) is 23.5 Å². The van der Waals surface area contributed by atoms with Gasteiger partial charge in [0, 0.05) is 19.5 Å². The standard InChI is InChI=1S/C13H17N5/c14-8-9-2-1-3-10(6-9)11-4-5-18-12(7-11)16-13(15)17-18/h1-3,6,11H,4-5,7-8,14H2,(H2,15,17). The summed E-state index contributed by atoms with van der Waals surface area (Å²) < 4.78 is 1.92. The minimum atomic E-state index is 0.376. The predicted molar refractivity (Wildman–Crippen MR) is 69.8 cm³/mol. The summed E-state index contributed by atoms with van der Waals surface area (Å²) in [6, 6.07) is 8.50. The van der Waals surface area contributed by atoms with Gasteiger partial charge in [-0.25, -0.2) is 4.68 Å². The molecule has 2 heterocycles. The van der Waals surface area contributed by atoms with Crippen LogP contribution in [0.1, 0.15) is 29.3 Å². The highest BCUT2D eigenvalue weighted by atomic mass is 15.4. The lowest BCUT2D eigenvalue weighted by atomic mass is 9.89. The van der Waals surface area contributed by atoms with E-state index >= 15 is 0 Å². The lowest BCUT2D eigenvalue weighted by Crippen LogP contribution is -2.19. The average molecular weight is 243 g/mol. The van der Waals surface area contributed by atoms with Crippen molar-refractivity contribution in [3.05, 3.63) is 41.2 Å². The van der Waals surface area contributed by atoms with Crippen LogP contribution in [0.25, 0.3) is 0 Å². The van der Waals surface area contributed by atoms with Crippen molar-refractivity contribution in [2.75, 3.05) is 5.73 Å². The molecule has 2 aromatic rings. The van der Waals surface area contributed by atoms with E-state index in [1.54, 1.807) is 0 Å². The van der Waals surface area contributed by atoms with Gasteiger partial charge in [0.15, 0.2) is 0 Å². The van der Waals surface area contributed by atoms with Gasteiger partial charge in [0.2, 0.25) is 5.95 Å². The van der Waals surface area contributed by atoms with Crippen LogP contribution >= 0.6 is 0 Å². The Hall–Kier alpha value is -1.88. The van der Waals surface area contributed by atoms with Crippen LogP contribution in [0.3, 0.4) is 0 Å². The van der Waals surface area contributed by atoms with Crippen LogP contribution in [0.15, 0.2) is 24.3 Å². The van der Waals surface area contributed by atoms with E-state index in [0.717, 1.165) is 25.2 Å². The fraction of sp³-hybridized carbons (Fsp3) is 0.385. The van der Waals surface area contributed by atoms with Crippen LogP contribution in [-0.2, 0) is 19.5 Å². The van der Waals surface area contributed by atoms with Gasteiger partial charge in [0.25, 0.3) is 0 Å². The van der Waals surface area contributed by atoms with Crippen LogP contribution in [0, 0.1) is 0 Å². The highest BCUT2D eigenvalue weighted by molar-refractivity contribution is 5.28. The Kier molecular flexibility index (Phi) is 2.76. The molecular formula is C13H17N5. The van der Waals surface area contributed by atoms with Gasteiger partial charge in [0.05, 0.1) is 0 Å². The highest BCUT2D eigenvalue weighted by Crippen LogP contribution is 2.29. The zero-order valence-electron chi connectivity index (χ0n) is 10.2. The molecule has 3 rings (SSSR count). The maximum atomic E-state index is 5.69. The minimum Gasteiger partial charge on any atom is -0.366 e. The number of rotatable bonds is 2. The molecule has 4 N–H and O–H groups in total. The van der Waals surface area contributed by atoms with Gasteiger partial charge < -0.3 is 11.5 Å². The van der Waals surface area contributed by atoms with Gasteiger partial charge >= 0.3 is 0 Å². The van der Waals surface area contributed by atoms with Gasteiger partial charge in [0.1, 0.15) is 5.82 Å². The van der Waals surface area contributed by atoms with Gasteiger partial charge in [-0.15, -0.1) is 5.10 Å². The number of hydrogen-bond donors (Lipinski definition) is 2. The van der Waals surface area contributed by atoms with Crippen LogP contribution in [0.4, 0.5) is 5.95 Å². The summed E-state index contributed by atoms with van der Waals surface area (Å²) in [6.07, 6.45) is 1.97. The quantitative estimate of drug-likeness (QED) is 0.826. The summed E-state index contributed by atoms with van der Waals surface area (Å²) in [7, 11) is 0. The van der Waals surface area contributed by atoms with E-state index in [9.17, 15) is 0 Å². The number of nitrogens with two attached hydrogens (primary N) is 2. The first-order valence-corrected chi connectivity index (χ1v) is 6.24. The van der Waals surface area contributed by atoms with Crippen molar-refractivity contribution in [2.24, 2.45) is 5.73 Å². The van der Waals surface area contributed by atoms with Crippen molar-refractivity contribution < 1.29 is 0 Å². The van der Waals surface area contributed by atoms with Gasteiger partial charge in [-0.2, -0.15) is 4.98 Å². The topological polar surface area (TPSA) is 82.8 Å². The number of benzene rings is 1. The molecule has 0 amide bonds. The minimum absolute atomic E-state index is 0.376. The molecule has 1 unspecified atom stereocenters. The van der Waals surface area contributed by atoms with E-state index < -0.39 is 0 Å². The first-order chi connectivity index (χ1) is 8.76. The largest absolute Gasteiger partial charge is 0.366 e. The molecule has 1 aliphatic rings. The van der Waals surface area contributed by atoms with Crippen molar-refractivity contribution >= 4 is 5.95 Å². The lowest BCUT2D eigenvalue weighted by Gasteiger charge is -2.22. The molecule has 0 fully saturated rings. The molecular weight excluding hydrogens is 226 g/mol. The van der Waals surface area contributed by atoms with Crippen molar-refractivity contribution in [1.29, 1.82) is 0 Å². The second-order valence-corrected chi connectivity index (χ2v) is 4.75. The number of aromatic nitrogens is 3. The van der Waals surface area contributed by atoms with E-state index in [0.29, 0.717) is 18.4 Å². The van der Waals surface area contributed by atoms with E-state index in [1.165, 1.54) is 11.1 Å². The number of nitrogens with zero attached hydrogens (tertiary/aromatic N) is 3. The van der Waals surface area contributed by atoms with Crippen LogP contribution in [-0.4, -0.2) is 14.8 Å². The van der Waals surface area contributed by atoms with Gasteiger partial charge in [-0.1, -0.05) is 24.3 Å². The summed E-state index contributed by atoms with van der Waals surface area (Å²) in [5.41, 5.74) is 13.8. The molecule has 0 radical (unpaired) electrons. The van der Waals surface area contributed by atoms with Crippen LogP contribution < -0.4 is 11.5 Å². The number of aryl methyl sites for hydroxylation is 1. The third kappa shape index (κ3) is 1.97. The van der Waals surface area contributed by atoms with Gasteiger partial charge in [-0.3, -0.25) is 0 Å². The molecule has 0 bridgehead atoms. The molecule has 0 aliphatic carbocycles. The second-order valence-electron chi connectivity index (χ2n) is 4.75. The summed E-state index contributed by atoms with van der Waals surface area (Å²) in [4.78, 5) is 4.27. The molecule has 5 heteroatoms. The Morgan fingerprint density at radius 3 is 3.11 bits per heavy atom.